The van der Waals surface area contributed by atoms with E-state index in [4.69, 9.17) is 5.73 Å². The Morgan fingerprint density at radius 3 is 3.00 bits per heavy atom. The molecule has 0 fully saturated rings. The van der Waals surface area contributed by atoms with Crippen molar-refractivity contribution in [2.45, 2.75) is 13.0 Å². The Morgan fingerprint density at radius 1 is 1.44 bits per heavy atom. The van der Waals surface area contributed by atoms with Crippen molar-refractivity contribution in [1.29, 1.82) is 0 Å². The van der Waals surface area contributed by atoms with E-state index in [0.29, 0.717) is 0 Å². The molecule has 3 N–H and O–H groups in total. The molecule has 2 aromatic rings. The van der Waals surface area contributed by atoms with E-state index in [1.54, 1.807) is 19.3 Å². The van der Waals surface area contributed by atoms with Gasteiger partial charge in [-0.05, 0) is 13.0 Å². The Labute approximate surface area is 105 Å². The summed E-state index contributed by atoms with van der Waals surface area (Å²) < 4.78 is 0. The topological polar surface area (TPSA) is 80.4 Å². The van der Waals surface area contributed by atoms with Gasteiger partial charge in [-0.1, -0.05) is 24.3 Å². The molecular formula is C13H14N4O. The Morgan fingerprint density at radius 2 is 2.22 bits per heavy atom. The lowest BCUT2D eigenvalue weighted by Gasteiger charge is -2.02. The van der Waals surface area contributed by atoms with Gasteiger partial charge in [0.15, 0.2) is 0 Å². The van der Waals surface area contributed by atoms with Gasteiger partial charge >= 0.3 is 0 Å². The molecule has 0 unspecified atom stereocenters. The van der Waals surface area contributed by atoms with Crippen molar-refractivity contribution in [3.8, 4) is 0 Å². The van der Waals surface area contributed by atoms with Gasteiger partial charge in [-0.3, -0.25) is 9.78 Å². The number of hydrogen-bond acceptors (Lipinski definition) is 4. The number of carbonyl (C=O) groups excluding carboxylic acids is 1. The van der Waals surface area contributed by atoms with Crippen molar-refractivity contribution in [3.05, 3.63) is 42.1 Å². The number of amides is 1. The Hall–Kier alpha value is -2.27. The molecule has 0 radical (unpaired) electrons. The molecule has 0 aliphatic carbocycles. The maximum Gasteiger partial charge on any atom is 0.256 e. The number of hydrogen-bond donors (Lipinski definition) is 2. The fraction of sp³-hybridized carbons (Fsp3) is 0.154. The Bertz CT molecular complexity index is 587. The number of pyridine rings is 1. The predicted molar refractivity (Wildman–Crippen MR) is 71.1 cm³/mol. The lowest BCUT2D eigenvalue weighted by molar-refractivity contribution is -0.121. The molecule has 5 heteroatoms. The summed E-state index contributed by atoms with van der Waals surface area (Å²) in [6, 6.07) is 9.05. The molecular weight excluding hydrogens is 228 g/mol. The Balaban J connectivity index is 2.22. The quantitative estimate of drug-likeness (QED) is 0.623. The molecule has 0 spiro atoms. The van der Waals surface area contributed by atoms with Gasteiger partial charge < -0.3 is 5.73 Å². The summed E-state index contributed by atoms with van der Waals surface area (Å²) >= 11 is 0. The first kappa shape index (κ1) is 12.2. The highest BCUT2D eigenvalue weighted by Gasteiger charge is 2.04. The summed E-state index contributed by atoms with van der Waals surface area (Å²) in [6.45, 7) is 1.60. The fourth-order valence-corrected chi connectivity index (χ4v) is 1.50. The van der Waals surface area contributed by atoms with Crippen molar-refractivity contribution in [2.75, 3.05) is 0 Å². The molecule has 1 amide bonds. The number of nitrogens with one attached hydrogen (secondary N) is 1. The molecule has 5 nitrogen and oxygen atoms in total. The van der Waals surface area contributed by atoms with E-state index in [1.165, 1.54) is 0 Å². The van der Waals surface area contributed by atoms with E-state index in [0.717, 1.165) is 16.5 Å². The van der Waals surface area contributed by atoms with Gasteiger partial charge in [0.2, 0.25) is 0 Å². The molecule has 0 saturated heterocycles. The molecule has 0 saturated carbocycles. The number of para-hydroxylation sites is 1. The molecule has 18 heavy (non-hydrogen) atoms. The van der Waals surface area contributed by atoms with Gasteiger partial charge in [0.05, 0.1) is 17.8 Å². The molecule has 1 aromatic carbocycles. The molecule has 0 aliphatic heterocycles. The van der Waals surface area contributed by atoms with Crippen molar-refractivity contribution < 1.29 is 4.79 Å². The minimum atomic E-state index is -0.576. The maximum absolute atomic E-state index is 11.2. The van der Waals surface area contributed by atoms with Crippen molar-refractivity contribution in [2.24, 2.45) is 10.8 Å². The van der Waals surface area contributed by atoms with Crippen LogP contribution in [-0.4, -0.2) is 23.1 Å². The van der Waals surface area contributed by atoms with E-state index in [-0.39, 0.29) is 5.91 Å². The van der Waals surface area contributed by atoms with Gasteiger partial charge in [-0.15, -0.1) is 0 Å². The van der Waals surface area contributed by atoms with Crippen LogP contribution in [0.15, 0.2) is 41.6 Å². The summed E-state index contributed by atoms with van der Waals surface area (Å²) in [4.78, 5) is 15.5. The molecule has 2 rings (SSSR count). The SMILES string of the molecule is C[C@H](N)C(=O)N/N=C\c1cccc2cccnc12. The van der Waals surface area contributed by atoms with E-state index >= 15 is 0 Å². The van der Waals surface area contributed by atoms with Crippen LogP contribution < -0.4 is 11.2 Å². The largest absolute Gasteiger partial charge is 0.320 e. The first-order valence-corrected chi connectivity index (χ1v) is 5.61. The maximum atomic E-state index is 11.2. The number of benzene rings is 1. The number of nitrogens with zero attached hydrogens (tertiary/aromatic N) is 2. The van der Waals surface area contributed by atoms with Gasteiger partial charge in [-0.25, -0.2) is 5.43 Å². The number of fused-ring (bicyclic) bond motifs is 1. The summed E-state index contributed by atoms with van der Waals surface area (Å²) in [5.74, 6) is -0.320. The van der Waals surface area contributed by atoms with Crippen LogP contribution in [0, 0.1) is 0 Å². The van der Waals surface area contributed by atoms with E-state index in [9.17, 15) is 4.79 Å². The number of rotatable bonds is 3. The number of hydrazone groups is 1. The summed E-state index contributed by atoms with van der Waals surface area (Å²) in [6.07, 6.45) is 3.29. The first-order valence-electron chi connectivity index (χ1n) is 5.61. The zero-order valence-corrected chi connectivity index (χ0v) is 10.00. The number of nitrogens with two attached hydrogens (primary N) is 1. The molecule has 0 aliphatic rings. The lowest BCUT2D eigenvalue weighted by Crippen LogP contribution is -2.35. The van der Waals surface area contributed by atoms with Gasteiger partial charge in [-0.2, -0.15) is 5.10 Å². The third kappa shape index (κ3) is 2.70. The van der Waals surface area contributed by atoms with Crippen molar-refractivity contribution in [3.63, 3.8) is 0 Å². The third-order valence-corrected chi connectivity index (χ3v) is 2.46. The highest BCUT2D eigenvalue weighted by molar-refractivity contribution is 5.97. The molecule has 1 heterocycles. The van der Waals surface area contributed by atoms with Crippen molar-refractivity contribution in [1.82, 2.24) is 10.4 Å². The van der Waals surface area contributed by atoms with Gasteiger partial charge in [0, 0.05) is 17.1 Å². The van der Waals surface area contributed by atoms with Crippen LogP contribution in [0.5, 0.6) is 0 Å². The molecule has 1 atom stereocenters. The van der Waals surface area contributed by atoms with Crippen LogP contribution in [0.2, 0.25) is 0 Å². The highest BCUT2D eigenvalue weighted by Crippen LogP contribution is 2.13. The van der Waals surface area contributed by atoms with E-state index in [2.05, 4.69) is 15.5 Å². The van der Waals surface area contributed by atoms with Crippen LogP contribution in [0.3, 0.4) is 0 Å². The molecule has 0 bridgehead atoms. The minimum absolute atomic E-state index is 0.320. The van der Waals surface area contributed by atoms with Crippen LogP contribution in [0.4, 0.5) is 0 Å². The lowest BCUT2D eigenvalue weighted by atomic mass is 10.1. The third-order valence-electron chi connectivity index (χ3n) is 2.46. The monoisotopic (exact) mass is 242 g/mol. The fourth-order valence-electron chi connectivity index (χ4n) is 1.50. The molecule has 92 valence electrons. The minimum Gasteiger partial charge on any atom is -0.320 e. The average Bonchev–Trinajstić information content (AvgIpc) is 2.38. The van der Waals surface area contributed by atoms with Crippen LogP contribution in [-0.2, 0) is 4.79 Å². The number of aromatic nitrogens is 1. The smallest absolute Gasteiger partial charge is 0.256 e. The van der Waals surface area contributed by atoms with Crippen LogP contribution in [0.1, 0.15) is 12.5 Å². The number of carbonyl (C=O) groups is 1. The first-order chi connectivity index (χ1) is 8.68. The van der Waals surface area contributed by atoms with E-state index < -0.39 is 6.04 Å². The summed E-state index contributed by atoms with van der Waals surface area (Å²) in [5, 5.41) is 4.90. The Kier molecular flexibility index (Phi) is 3.64. The zero-order chi connectivity index (χ0) is 13.0. The zero-order valence-electron chi connectivity index (χ0n) is 10.00. The second-order valence-corrected chi connectivity index (χ2v) is 3.95. The van der Waals surface area contributed by atoms with Crippen molar-refractivity contribution >= 4 is 23.0 Å². The average molecular weight is 242 g/mol. The standard InChI is InChI=1S/C13H14N4O/c1-9(14)13(18)17-16-8-11-5-2-4-10-6-3-7-15-12(10)11/h2-9H,14H2,1H3,(H,17,18)/b16-8-/t9-/m0/s1. The summed E-state index contributed by atoms with van der Waals surface area (Å²) in [5.41, 5.74) is 9.47. The summed E-state index contributed by atoms with van der Waals surface area (Å²) in [7, 11) is 0. The molecule has 1 aromatic heterocycles. The normalized spacial score (nSPS) is 12.8. The highest BCUT2D eigenvalue weighted by atomic mass is 16.2. The van der Waals surface area contributed by atoms with Gasteiger partial charge in [0.25, 0.3) is 5.91 Å². The van der Waals surface area contributed by atoms with Crippen LogP contribution >= 0.6 is 0 Å². The second-order valence-electron chi connectivity index (χ2n) is 3.95. The predicted octanol–water partition coefficient (Wildman–Crippen LogP) is 1.03. The van der Waals surface area contributed by atoms with E-state index in [1.807, 2.05) is 30.3 Å². The van der Waals surface area contributed by atoms with Gasteiger partial charge in [0.1, 0.15) is 0 Å². The second kappa shape index (κ2) is 5.37. The van der Waals surface area contributed by atoms with Crippen LogP contribution in [0.25, 0.3) is 10.9 Å².